The van der Waals surface area contributed by atoms with Gasteiger partial charge in [0.2, 0.25) is 0 Å². The van der Waals surface area contributed by atoms with Gasteiger partial charge in [-0.15, -0.1) is 0 Å². The smallest absolute Gasteiger partial charge is 0.130 e. The van der Waals surface area contributed by atoms with Crippen LogP contribution in [0.1, 0.15) is 24.1 Å². The number of hydrogen-bond acceptors (Lipinski definition) is 4. The standard InChI is InChI=1S/C19H24N2O2/c1-2-10-21-18(5-1)15-23-19-8-6-16(7-9-19)12-20-13-17-4-3-11-22-14-17/h1-2,5-10,17,20H,3-4,11-15H2. The average molecular weight is 312 g/mol. The molecule has 1 aliphatic rings. The van der Waals surface area contributed by atoms with Crippen LogP contribution in [0.5, 0.6) is 5.75 Å². The molecule has 2 aromatic rings. The lowest BCUT2D eigenvalue weighted by Crippen LogP contribution is -2.28. The molecule has 2 heterocycles. The quantitative estimate of drug-likeness (QED) is 0.853. The van der Waals surface area contributed by atoms with Crippen LogP contribution in [-0.4, -0.2) is 24.7 Å². The van der Waals surface area contributed by atoms with E-state index >= 15 is 0 Å². The molecule has 1 fully saturated rings. The molecule has 122 valence electrons. The summed E-state index contributed by atoms with van der Waals surface area (Å²) in [4.78, 5) is 4.25. The second-order valence-electron chi connectivity index (χ2n) is 5.97. The Balaban J connectivity index is 1.40. The zero-order valence-electron chi connectivity index (χ0n) is 13.4. The number of hydrogen-bond donors (Lipinski definition) is 1. The minimum atomic E-state index is 0.500. The monoisotopic (exact) mass is 312 g/mol. The Morgan fingerprint density at radius 1 is 1.17 bits per heavy atom. The maximum Gasteiger partial charge on any atom is 0.130 e. The first-order valence-electron chi connectivity index (χ1n) is 8.30. The number of pyridine rings is 1. The minimum Gasteiger partial charge on any atom is -0.487 e. The van der Waals surface area contributed by atoms with Gasteiger partial charge in [-0.3, -0.25) is 4.98 Å². The predicted octanol–water partition coefficient (Wildman–Crippen LogP) is 3.18. The fraction of sp³-hybridized carbons (Fsp3) is 0.421. The van der Waals surface area contributed by atoms with Crippen molar-refractivity contribution < 1.29 is 9.47 Å². The van der Waals surface area contributed by atoms with Crippen molar-refractivity contribution >= 4 is 0 Å². The lowest BCUT2D eigenvalue weighted by Gasteiger charge is -2.22. The molecule has 0 spiro atoms. The molecule has 4 heteroatoms. The minimum absolute atomic E-state index is 0.500. The summed E-state index contributed by atoms with van der Waals surface area (Å²) in [5.74, 6) is 1.53. The molecule has 1 aromatic carbocycles. The van der Waals surface area contributed by atoms with E-state index in [1.807, 2.05) is 30.3 Å². The highest BCUT2D eigenvalue weighted by molar-refractivity contribution is 5.27. The zero-order chi connectivity index (χ0) is 15.7. The summed E-state index contributed by atoms with van der Waals surface area (Å²) in [5.41, 5.74) is 2.21. The third-order valence-electron chi connectivity index (χ3n) is 4.05. The van der Waals surface area contributed by atoms with Crippen LogP contribution in [0.15, 0.2) is 48.7 Å². The van der Waals surface area contributed by atoms with Crippen LogP contribution in [0.25, 0.3) is 0 Å². The van der Waals surface area contributed by atoms with Gasteiger partial charge in [0.25, 0.3) is 0 Å². The lowest BCUT2D eigenvalue weighted by molar-refractivity contribution is 0.0547. The summed E-state index contributed by atoms with van der Waals surface area (Å²) in [5, 5.41) is 3.52. The van der Waals surface area contributed by atoms with E-state index in [1.54, 1.807) is 6.20 Å². The SMILES string of the molecule is c1ccc(COc2ccc(CNCC3CCCOC3)cc2)nc1. The highest BCUT2D eigenvalue weighted by Crippen LogP contribution is 2.15. The third-order valence-corrected chi connectivity index (χ3v) is 4.05. The fourth-order valence-electron chi connectivity index (χ4n) is 2.73. The molecule has 3 rings (SSSR count). The molecule has 0 aliphatic carbocycles. The summed E-state index contributed by atoms with van der Waals surface area (Å²) in [7, 11) is 0. The maximum atomic E-state index is 5.75. The Labute approximate surface area is 137 Å². The molecule has 1 aliphatic heterocycles. The van der Waals surface area contributed by atoms with Crippen LogP contribution in [0.2, 0.25) is 0 Å². The van der Waals surface area contributed by atoms with Crippen molar-refractivity contribution in [2.24, 2.45) is 5.92 Å². The van der Waals surface area contributed by atoms with Crippen LogP contribution in [0.3, 0.4) is 0 Å². The van der Waals surface area contributed by atoms with Crippen molar-refractivity contribution in [3.05, 3.63) is 59.9 Å². The predicted molar refractivity (Wildman–Crippen MR) is 90.3 cm³/mol. The number of rotatable bonds is 7. The normalized spacial score (nSPS) is 17.8. The Morgan fingerprint density at radius 2 is 2.09 bits per heavy atom. The molecule has 1 unspecified atom stereocenters. The van der Waals surface area contributed by atoms with Gasteiger partial charge in [0, 0.05) is 25.9 Å². The van der Waals surface area contributed by atoms with Crippen molar-refractivity contribution in [1.82, 2.24) is 10.3 Å². The van der Waals surface area contributed by atoms with Gasteiger partial charge in [0.1, 0.15) is 12.4 Å². The van der Waals surface area contributed by atoms with Crippen molar-refractivity contribution in [2.45, 2.75) is 26.0 Å². The highest BCUT2D eigenvalue weighted by atomic mass is 16.5. The van der Waals surface area contributed by atoms with Gasteiger partial charge < -0.3 is 14.8 Å². The van der Waals surface area contributed by atoms with Crippen molar-refractivity contribution in [2.75, 3.05) is 19.8 Å². The molecule has 0 radical (unpaired) electrons. The van der Waals surface area contributed by atoms with Crippen LogP contribution in [0, 0.1) is 5.92 Å². The van der Waals surface area contributed by atoms with E-state index < -0.39 is 0 Å². The largest absolute Gasteiger partial charge is 0.487 e. The Morgan fingerprint density at radius 3 is 2.83 bits per heavy atom. The summed E-state index contributed by atoms with van der Waals surface area (Å²) >= 11 is 0. The first-order valence-corrected chi connectivity index (χ1v) is 8.30. The van der Waals surface area contributed by atoms with Gasteiger partial charge in [-0.05, 0) is 48.6 Å². The molecule has 0 amide bonds. The van der Waals surface area contributed by atoms with E-state index in [9.17, 15) is 0 Å². The van der Waals surface area contributed by atoms with E-state index in [2.05, 4.69) is 22.4 Å². The van der Waals surface area contributed by atoms with E-state index in [0.29, 0.717) is 12.5 Å². The molecule has 1 N–H and O–H groups in total. The molecule has 23 heavy (non-hydrogen) atoms. The van der Waals surface area contributed by atoms with Crippen molar-refractivity contribution in [3.63, 3.8) is 0 Å². The first-order chi connectivity index (χ1) is 11.4. The molecule has 4 nitrogen and oxygen atoms in total. The maximum absolute atomic E-state index is 5.75. The van der Waals surface area contributed by atoms with Gasteiger partial charge in [0.15, 0.2) is 0 Å². The topological polar surface area (TPSA) is 43.4 Å². The number of aromatic nitrogens is 1. The van der Waals surface area contributed by atoms with Gasteiger partial charge in [0.05, 0.1) is 12.3 Å². The number of nitrogens with zero attached hydrogens (tertiary/aromatic N) is 1. The second kappa shape index (κ2) is 8.65. The Kier molecular flexibility index (Phi) is 6.01. The molecule has 0 bridgehead atoms. The molecular weight excluding hydrogens is 288 g/mol. The third kappa shape index (κ3) is 5.34. The molecule has 1 aromatic heterocycles. The summed E-state index contributed by atoms with van der Waals surface area (Å²) in [6.45, 7) is 4.23. The lowest BCUT2D eigenvalue weighted by atomic mass is 10.0. The molecule has 1 atom stereocenters. The second-order valence-corrected chi connectivity index (χ2v) is 5.97. The molecule has 0 saturated carbocycles. The zero-order valence-corrected chi connectivity index (χ0v) is 13.4. The molecule has 1 saturated heterocycles. The van der Waals surface area contributed by atoms with E-state index in [0.717, 1.165) is 37.7 Å². The number of nitrogens with one attached hydrogen (secondary N) is 1. The number of benzene rings is 1. The van der Waals surface area contributed by atoms with Crippen molar-refractivity contribution in [3.8, 4) is 5.75 Å². The fourth-order valence-corrected chi connectivity index (χ4v) is 2.73. The van der Waals surface area contributed by atoms with Crippen LogP contribution in [-0.2, 0) is 17.9 Å². The van der Waals surface area contributed by atoms with Crippen LogP contribution >= 0.6 is 0 Å². The van der Waals surface area contributed by atoms with Gasteiger partial charge in [-0.1, -0.05) is 18.2 Å². The Hall–Kier alpha value is -1.91. The molecular formula is C19H24N2O2. The first kappa shape index (κ1) is 16.0. The van der Waals surface area contributed by atoms with E-state index in [4.69, 9.17) is 9.47 Å². The van der Waals surface area contributed by atoms with Gasteiger partial charge >= 0.3 is 0 Å². The summed E-state index contributed by atoms with van der Waals surface area (Å²) in [6, 6.07) is 14.1. The van der Waals surface area contributed by atoms with Gasteiger partial charge in [-0.2, -0.15) is 0 Å². The van der Waals surface area contributed by atoms with E-state index in [-0.39, 0.29) is 0 Å². The number of ether oxygens (including phenoxy) is 2. The summed E-state index contributed by atoms with van der Waals surface area (Å²) in [6.07, 6.45) is 4.24. The van der Waals surface area contributed by atoms with Gasteiger partial charge in [-0.25, -0.2) is 0 Å². The Bertz CT molecular complexity index is 566. The van der Waals surface area contributed by atoms with E-state index in [1.165, 1.54) is 18.4 Å². The van der Waals surface area contributed by atoms with Crippen molar-refractivity contribution in [1.29, 1.82) is 0 Å². The highest BCUT2D eigenvalue weighted by Gasteiger charge is 2.12. The van der Waals surface area contributed by atoms with Crippen LogP contribution in [0.4, 0.5) is 0 Å². The average Bonchev–Trinajstić information content (AvgIpc) is 2.63. The van der Waals surface area contributed by atoms with Crippen LogP contribution < -0.4 is 10.1 Å². The summed E-state index contributed by atoms with van der Waals surface area (Å²) < 4.78 is 11.2.